The molecule has 6 heteroatoms. The van der Waals surface area contributed by atoms with Crippen LogP contribution >= 0.6 is 23.2 Å². The first-order chi connectivity index (χ1) is 10.1. The van der Waals surface area contributed by atoms with Gasteiger partial charge in [-0.15, -0.1) is 0 Å². The molecule has 2 rings (SSSR count). The number of ether oxygens (including phenoxy) is 1. The maximum absolute atomic E-state index is 13.5. The Morgan fingerprint density at radius 2 is 2.05 bits per heavy atom. The van der Waals surface area contributed by atoms with Gasteiger partial charge in [-0.2, -0.15) is 0 Å². The van der Waals surface area contributed by atoms with Gasteiger partial charge in [0.25, 0.3) is 0 Å². The van der Waals surface area contributed by atoms with E-state index < -0.39 is 5.82 Å². The topological polar surface area (TPSA) is 47.3 Å². The van der Waals surface area contributed by atoms with Gasteiger partial charge in [-0.3, -0.25) is 11.3 Å². The molecule has 0 fully saturated rings. The molecule has 0 aromatic heterocycles. The molecule has 0 radical (unpaired) electrons. The largest absolute Gasteiger partial charge is 0.494 e. The number of hydrogen-bond acceptors (Lipinski definition) is 3. The Kier molecular flexibility index (Phi) is 5.42. The van der Waals surface area contributed by atoms with Crippen molar-refractivity contribution >= 4 is 23.2 Å². The quantitative estimate of drug-likeness (QED) is 0.646. The minimum Gasteiger partial charge on any atom is -0.494 e. The van der Waals surface area contributed by atoms with Gasteiger partial charge in [-0.05, 0) is 35.7 Å². The number of hydrogen-bond donors (Lipinski definition) is 2. The highest BCUT2D eigenvalue weighted by molar-refractivity contribution is 6.42. The zero-order chi connectivity index (χ0) is 15.4. The van der Waals surface area contributed by atoms with Crippen LogP contribution in [0.5, 0.6) is 5.75 Å². The van der Waals surface area contributed by atoms with Crippen LogP contribution in [-0.4, -0.2) is 7.11 Å². The first kappa shape index (κ1) is 16.0. The molecule has 0 bridgehead atoms. The fourth-order valence-electron chi connectivity index (χ4n) is 2.09. The maximum Gasteiger partial charge on any atom is 0.165 e. The molecule has 0 aliphatic carbocycles. The molecule has 0 aliphatic rings. The monoisotopic (exact) mass is 328 g/mol. The first-order valence-corrected chi connectivity index (χ1v) is 7.05. The van der Waals surface area contributed by atoms with Crippen LogP contribution in [0.1, 0.15) is 17.2 Å². The van der Waals surface area contributed by atoms with Crippen LogP contribution in [-0.2, 0) is 6.42 Å². The summed E-state index contributed by atoms with van der Waals surface area (Å²) in [7, 11) is 1.42. The van der Waals surface area contributed by atoms with Crippen molar-refractivity contribution in [3.05, 3.63) is 63.4 Å². The van der Waals surface area contributed by atoms with Crippen molar-refractivity contribution in [3.63, 3.8) is 0 Å². The molecule has 21 heavy (non-hydrogen) atoms. The summed E-state index contributed by atoms with van der Waals surface area (Å²) in [5.74, 6) is 5.36. The highest BCUT2D eigenvalue weighted by Gasteiger charge is 2.16. The fourth-order valence-corrected chi connectivity index (χ4v) is 2.49. The van der Waals surface area contributed by atoms with E-state index in [1.54, 1.807) is 18.2 Å². The van der Waals surface area contributed by atoms with Crippen molar-refractivity contribution in [1.29, 1.82) is 0 Å². The Balaban J connectivity index is 2.30. The summed E-state index contributed by atoms with van der Waals surface area (Å²) in [5, 5.41) is 0.982. The predicted octanol–water partition coefficient (Wildman–Crippen LogP) is 3.89. The number of nitrogens with two attached hydrogens (primary N) is 1. The van der Waals surface area contributed by atoms with E-state index in [0.29, 0.717) is 16.5 Å². The predicted molar refractivity (Wildman–Crippen MR) is 83.2 cm³/mol. The standard InChI is InChI=1S/C15H15Cl2FN2O/c1-21-14-8-9(5-6-12(14)18)13(20-19)7-10-3-2-4-11(16)15(10)17/h2-6,8,13,20H,7,19H2,1H3. The van der Waals surface area contributed by atoms with E-state index in [0.717, 1.165) is 11.1 Å². The number of halogens is 3. The Morgan fingerprint density at radius 1 is 1.29 bits per heavy atom. The summed E-state index contributed by atoms with van der Waals surface area (Å²) < 4.78 is 18.4. The van der Waals surface area contributed by atoms with Crippen molar-refractivity contribution < 1.29 is 9.13 Å². The molecule has 3 N–H and O–H groups in total. The van der Waals surface area contributed by atoms with Gasteiger partial charge in [0.05, 0.1) is 23.2 Å². The van der Waals surface area contributed by atoms with Crippen LogP contribution in [0.2, 0.25) is 10.0 Å². The lowest BCUT2D eigenvalue weighted by Gasteiger charge is -2.18. The zero-order valence-electron chi connectivity index (χ0n) is 11.4. The van der Waals surface area contributed by atoms with Crippen LogP contribution in [0.25, 0.3) is 0 Å². The minimum absolute atomic E-state index is 0.171. The normalized spacial score (nSPS) is 12.2. The molecule has 2 aromatic carbocycles. The molecule has 0 saturated heterocycles. The third kappa shape index (κ3) is 3.66. The molecule has 2 aromatic rings. The second-order valence-corrected chi connectivity index (χ2v) is 5.32. The van der Waals surface area contributed by atoms with Crippen LogP contribution in [0.3, 0.4) is 0 Å². The molecule has 0 saturated carbocycles. The molecule has 112 valence electrons. The lowest BCUT2D eigenvalue weighted by molar-refractivity contribution is 0.384. The van der Waals surface area contributed by atoms with E-state index in [4.69, 9.17) is 33.8 Å². The van der Waals surface area contributed by atoms with Gasteiger partial charge in [0.1, 0.15) is 0 Å². The molecule has 0 spiro atoms. The van der Waals surface area contributed by atoms with Crippen LogP contribution < -0.4 is 16.0 Å². The Hall–Kier alpha value is -1.33. The van der Waals surface area contributed by atoms with Gasteiger partial charge in [-0.1, -0.05) is 41.4 Å². The van der Waals surface area contributed by atoms with Gasteiger partial charge in [-0.25, -0.2) is 4.39 Å². The molecule has 1 atom stereocenters. The van der Waals surface area contributed by atoms with Crippen molar-refractivity contribution in [2.45, 2.75) is 12.5 Å². The third-order valence-electron chi connectivity index (χ3n) is 3.23. The smallest absolute Gasteiger partial charge is 0.165 e. The summed E-state index contributed by atoms with van der Waals surface area (Å²) in [6.45, 7) is 0. The van der Waals surface area contributed by atoms with Crippen molar-refractivity contribution in [3.8, 4) is 5.75 Å². The van der Waals surface area contributed by atoms with E-state index in [1.165, 1.54) is 13.2 Å². The Labute approximate surface area is 132 Å². The van der Waals surface area contributed by atoms with E-state index in [-0.39, 0.29) is 11.8 Å². The summed E-state index contributed by atoms with van der Waals surface area (Å²) >= 11 is 12.2. The molecule has 0 aliphatic heterocycles. The number of methoxy groups -OCH3 is 1. The Bertz CT molecular complexity index is 637. The molecule has 3 nitrogen and oxygen atoms in total. The zero-order valence-corrected chi connectivity index (χ0v) is 12.9. The van der Waals surface area contributed by atoms with Crippen LogP contribution in [0.15, 0.2) is 36.4 Å². The molecule has 1 unspecified atom stereocenters. The summed E-state index contributed by atoms with van der Waals surface area (Å²) in [6.07, 6.45) is 0.519. The number of hydrazine groups is 1. The van der Waals surface area contributed by atoms with Gasteiger partial charge >= 0.3 is 0 Å². The molecule has 0 heterocycles. The number of nitrogens with one attached hydrogen (secondary N) is 1. The molecular weight excluding hydrogens is 314 g/mol. The van der Waals surface area contributed by atoms with E-state index >= 15 is 0 Å². The minimum atomic E-state index is -0.419. The van der Waals surface area contributed by atoms with Gasteiger partial charge in [0.15, 0.2) is 11.6 Å². The second kappa shape index (κ2) is 7.09. The first-order valence-electron chi connectivity index (χ1n) is 6.29. The average Bonchev–Trinajstić information content (AvgIpc) is 2.49. The third-order valence-corrected chi connectivity index (χ3v) is 4.09. The fraction of sp³-hybridized carbons (Fsp3) is 0.200. The average molecular weight is 329 g/mol. The van der Waals surface area contributed by atoms with E-state index in [9.17, 15) is 4.39 Å². The molecule has 0 amide bonds. The number of benzene rings is 2. The van der Waals surface area contributed by atoms with Crippen molar-refractivity contribution in [1.82, 2.24) is 5.43 Å². The second-order valence-electron chi connectivity index (χ2n) is 4.53. The van der Waals surface area contributed by atoms with Crippen molar-refractivity contribution in [2.24, 2.45) is 5.84 Å². The summed E-state index contributed by atoms with van der Waals surface area (Å²) in [5.41, 5.74) is 4.36. The highest BCUT2D eigenvalue weighted by atomic mass is 35.5. The van der Waals surface area contributed by atoms with Gasteiger partial charge in [0.2, 0.25) is 0 Å². The number of rotatable bonds is 5. The SMILES string of the molecule is COc1cc(C(Cc2cccc(Cl)c2Cl)NN)ccc1F. The van der Waals surface area contributed by atoms with Gasteiger partial charge < -0.3 is 4.74 Å². The van der Waals surface area contributed by atoms with Crippen molar-refractivity contribution in [2.75, 3.05) is 7.11 Å². The summed E-state index contributed by atoms with van der Waals surface area (Å²) in [4.78, 5) is 0. The van der Waals surface area contributed by atoms with Gasteiger partial charge in [0, 0.05) is 0 Å². The lowest BCUT2D eigenvalue weighted by Crippen LogP contribution is -2.29. The lowest BCUT2D eigenvalue weighted by atomic mass is 9.99. The Morgan fingerprint density at radius 3 is 2.71 bits per heavy atom. The van der Waals surface area contributed by atoms with E-state index in [1.807, 2.05) is 12.1 Å². The summed E-state index contributed by atoms with van der Waals surface area (Å²) in [6, 6.07) is 9.79. The maximum atomic E-state index is 13.5. The van der Waals surface area contributed by atoms with Crippen LogP contribution in [0, 0.1) is 5.82 Å². The molecular formula is C15H15Cl2FN2O. The highest BCUT2D eigenvalue weighted by Crippen LogP contribution is 2.30. The van der Waals surface area contributed by atoms with Crippen LogP contribution in [0.4, 0.5) is 4.39 Å². The van der Waals surface area contributed by atoms with E-state index in [2.05, 4.69) is 5.43 Å².